The predicted octanol–water partition coefficient (Wildman–Crippen LogP) is -0.360. The predicted molar refractivity (Wildman–Crippen MR) is 82.4 cm³/mol. The van der Waals surface area contributed by atoms with E-state index < -0.39 is 18.1 Å². The van der Waals surface area contributed by atoms with Gasteiger partial charge in [-0.1, -0.05) is 6.07 Å². The number of β-amino-alcohol motifs (C(OH)–C–C–N with tert-alkyl or cyclic N) is 1. The topological polar surface area (TPSA) is 97.3 Å². The molecule has 24 heavy (non-hydrogen) atoms. The number of aliphatic hydroxyl groups excluding tert-OH is 1. The lowest BCUT2D eigenvalue weighted by molar-refractivity contribution is -0.146. The largest absolute Gasteiger partial charge is 0.468 e. The Morgan fingerprint density at radius 2 is 2.17 bits per heavy atom. The maximum absolute atomic E-state index is 12.1. The van der Waals surface area contributed by atoms with Gasteiger partial charge in [-0.3, -0.25) is 14.5 Å². The fraction of sp³-hybridized carbons (Fsp3) is 0.500. The smallest absolute Gasteiger partial charge is 0.323 e. The molecule has 8 nitrogen and oxygen atoms in total. The second kappa shape index (κ2) is 7.06. The van der Waals surface area contributed by atoms with Crippen molar-refractivity contribution in [3.8, 4) is 11.5 Å². The molecule has 2 aliphatic heterocycles. The molecule has 2 heterocycles. The van der Waals surface area contributed by atoms with Gasteiger partial charge in [0, 0.05) is 19.5 Å². The van der Waals surface area contributed by atoms with Crippen LogP contribution < -0.4 is 14.8 Å². The number of carbonyl (C=O) groups excluding carboxylic acids is 2. The molecule has 1 aromatic carbocycles. The van der Waals surface area contributed by atoms with Crippen molar-refractivity contribution in [2.45, 2.75) is 25.1 Å². The third kappa shape index (κ3) is 3.60. The third-order valence-electron chi connectivity index (χ3n) is 4.13. The summed E-state index contributed by atoms with van der Waals surface area (Å²) in [7, 11) is 1.30. The number of ether oxygens (including phenoxy) is 3. The second-order valence-electron chi connectivity index (χ2n) is 5.82. The fourth-order valence-corrected chi connectivity index (χ4v) is 2.93. The van der Waals surface area contributed by atoms with Crippen LogP contribution in [-0.2, 0) is 20.9 Å². The number of carbonyl (C=O) groups is 2. The van der Waals surface area contributed by atoms with E-state index in [-0.39, 0.29) is 32.2 Å². The molecule has 2 atom stereocenters. The second-order valence-corrected chi connectivity index (χ2v) is 5.82. The Kier molecular flexibility index (Phi) is 4.86. The monoisotopic (exact) mass is 336 g/mol. The van der Waals surface area contributed by atoms with Crippen molar-refractivity contribution in [3.63, 3.8) is 0 Å². The molecule has 0 radical (unpaired) electrons. The normalized spacial score (nSPS) is 22.4. The number of hydrogen-bond donors (Lipinski definition) is 2. The molecule has 0 aromatic heterocycles. The van der Waals surface area contributed by atoms with Crippen LogP contribution in [0.1, 0.15) is 12.0 Å². The van der Waals surface area contributed by atoms with Crippen LogP contribution in [0.5, 0.6) is 11.5 Å². The zero-order valence-corrected chi connectivity index (χ0v) is 13.4. The Morgan fingerprint density at radius 3 is 2.96 bits per heavy atom. The molecule has 2 aliphatic rings. The summed E-state index contributed by atoms with van der Waals surface area (Å²) >= 11 is 0. The van der Waals surface area contributed by atoms with Gasteiger partial charge in [-0.2, -0.15) is 0 Å². The van der Waals surface area contributed by atoms with Gasteiger partial charge in [0.25, 0.3) is 0 Å². The molecule has 1 fully saturated rings. The van der Waals surface area contributed by atoms with Crippen LogP contribution >= 0.6 is 0 Å². The Balaban J connectivity index is 1.53. The van der Waals surface area contributed by atoms with E-state index in [2.05, 4.69) is 5.32 Å². The van der Waals surface area contributed by atoms with Crippen molar-refractivity contribution < 1.29 is 28.9 Å². The molecule has 1 amide bonds. The van der Waals surface area contributed by atoms with Gasteiger partial charge < -0.3 is 24.6 Å². The summed E-state index contributed by atoms with van der Waals surface area (Å²) < 4.78 is 15.3. The molecule has 0 bridgehead atoms. The van der Waals surface area contributed by atoms with E-state index in [0.29, 0.717) is 18.0 Å². The van der Waals surface area contributed by atoms with Gasteiger partial charge in [0.05, 0.1) is 19.8 Å². The zero-order valence-electron chi connectivity index (χ0n) is 13.4. The van der Waals surface area contributed by atoms with Crippen molar-refractivity contribution in [2.24, 2.45) is 0 Å². The molecule has 1 aromatic rings. The number of nitrogens with one attached hydrogen (secondary N) is 1. The summed E-state index contributed by atoms with van der Waals surface area (Å²) in [6.07, 6.45) is -0.349. The standard InChI is InChI=1S/C16H20N2O6/c1-22-16(21)12-5-11(19)7-18(12)8-15(20)17-6-10-2-3-13-14(4-10)24-9-23-13/h2-4,11-12,19H,5-9H2,1H3,(H,17,20)/t11-,12+/m1/s1. The van der Waals surface area contributed by atoms with E-state index in [1.807, 2.05) is 12.1 Å². The lowest BCUT2D eigenvalue weighted by Gasteiger charge is -2.21. The number of hydrogen-bond acceptors (Lipinski definition) is 7. The third-order valence-corrected chi connectivity index (χ3v) is 4.13. The fourth-order valence-electron chi connectivity index (χ4n) is 2.93. The van der Waals surface area contributed by atoms with Gasteiger partial charge in [-0.15, -0.1) is 0 Å². The number of rotatable bonds is 5. The summed E-state index contributed by atoms with van der Waals surface area (Å²) in [6, 6.07) is 4.89. The van der Waals surface area contributed by atoms with Crippen LogP contribution in [0.4, 0.5) is 0 Å². The molecule has 0 aliphatic carbocycles. The first kappa shape index (κ1) is 16.5. The Hall–Kier alpha value is -2.32. The van der Waals surface area contributed by atoms with E-state index in [0.717, 1.165) is 5.56 Å². The summed E-state index contributed by atoms with van der Waals surface area (Å²) in [5.74, 6) is 0.693. The van der Waals surface area contributed by atoms with Crippen LogP contribution in [-0.4, -0.2) is 61.0 Å². The molecule has 2 N–H and O–H groups in total. The lowest BCUT2D eigenvalue weighted by Crippen LogP contribution is -2.43. The highest BCUT2D eigenvalue weighted by molar-refractivity contribution is 5.81. The van der Waals surface area contributed by atoms with Crippen molar-refractivity contribution >= 4 is 11.9 Å². The lowest BCUT2D eigenvalue weighted by atomic mass is 10.2. The average Bonchev–Trinajstić information content (AvgIpc) is 3.18. The number of esters is 1. The highest BCUT2D eigenvalue weighted by atomic mass is 16.7. The van der Waals surface area contributed by atoms with Crippen LogP contribution in [0.25, 0.3) is 0 Å². The highest BCUT2D eigenvalue weighted by Crippen LogP contribution is 2.32. The summed E-state index contributed by atoms with van der Waals surface area (Å²) in [5, 5.41) is 12.5. The minimum absolute atomic E-state index is 0.0291. The molecular formula is C16H20N2O6. The molecule has 0 saturated carbocycles. The van der Waals surface area contributed by atoms with Crippen LogP contribution in [0.15, 0.2) is 18.2 Å². The minimum atomic E-state index is -0.629. The van der Waals surface area contributed by atoms with Gasteiger partial charge in [-0.05, 0) is 17.7 Å². The first-order chi connectivity index (χ1) is 11.6. The van der Waals surface area contributed by atoms with Gasteiger partial charge >= 0.3 is 5.97 Å². The van der Waals surface area contributed by atoms with Crippen molar-refractivity contribution in [3.05, 3.63) is 23.8 Å². The molecule has 1 saturated heterocycles. The maximum atomic E-state index is 12.1. The summed E-state index contributed by atoms with van der Waals surface area (Å²) in [4.78, 5) is 25.5. The van der Waals surface area contributed by atoms with Crippen LogP contribution in [0.3, 0.4) is 0 Å². The van der Waals surface area contributed by atoms with Gasteiger partial charge in [-0.25, -0.2) is 0 Å². The quantitative estimate of drug-likeness (QED) is 0.709. The van der Waals surface area contributed by atoms with Gasteiger partial charge in [0.2, 0.25) is 12.7 Å². The van der Waals surface area contributed by atoms with Crippen molar-refractivity contribution in [1.82, 2.24) is 10.2 Å². The number of likely N-dealkylation sites (tertiary alicyclic amines) is 1. The van der Waals surface area contributed by atoms with E-state index in [9.17, 15) is 14.7 Å². The molecule has 130 valence electrons. The van der Waals surface area contributed by atoms with Crippen molar-refractivity contribution in [2.75, 3.05) is 27.0 Å². The number of methoxy groups -OCH3 is 1. The highest BCUT2D eigenvalue weighted by Gasteiger charge is 2.37. The van der Waals surface area contributed by atoms with E-state index in [4.69, 9.17) is 14.2 Å². The Labute approximate surface area is 139 Å². The van der Waals surface area contributed by atoms with E-state index in [1.165, 1.54) is 7.11 Å². The SMILES string of the molecule is COC(=O)[C@@H]1C[C@@H](O)CN1CC(=O)NCc1ccc2c(c1)OCO2. The average molecular weight is 336 g/mol. The van der Waals surface area contributed by atoms with Gasteiger partial charge in [0.1, 0.15) is 6.04 Å². The molecular weight excluding hydrogens is 316 g/mol. The molecule has 3 rings (SSSR count). The Bertz CT molecular complexity index is 635. The van der Waals surface area contributed by atoms with E-state index in [1.54, 1.807) is 11.0 Å². The number of amides is 1. The number of aliphatic hydroxyl groups is 1. The van der Waals surface area contributed by atoms with Gasteiger partial charge in [0.15, 0.2) is 11.5 Å². The number of nitrogens with zero attached hydrogens (tertiary/aromatic N) is 1. The zero-order chi connectivity index (χ0) is 17.1. The number of fused-ring (bicyclic) bond motifs is 1. The summed E-state index contributed by atoms with van der Waals surface area (Å²) in [5.41, 5.74) is 0.888. The molecule has 0 spiro atoms. The van der Waals surface area contributed by atoms with E-state index >= 15 is 0 Å². The van der Waals surface area contributed by atoms with Crippen LogP contribution in [0, 0.1) is 0 Å². The summed E-state index contributed by atoms with van der Waals surface area (Å²) in [6.45, 7) is 0.852. The molecule has 8 heteroatoms. The first-order valence-electron chi connectivity index (χ1n) is 7.72. The minimum Gasteiger partial charge on any atom is -0.468 e. The van der Waals surface area contributed by atoms with Crippen LogP contribution in [0.2, 0.25) is 0 Å². The Morgan fingerprint density at radius 1 is 1.38 bits per heavy atom. The first-order valence-corrected chi connectivity index (χ1v) is 7.72. The maximum Gasteiger partial charge on any atom is 0.323 e. The van der Waals surface area contributed by atoms with Crippen molar-refractivity contribution in [1.29, 1.82) is 0 Å². The number of benzene rings is 1. The molecule has 0 unspecified atom stereocenters.